The molecule has 1 rings (SSSR count). The summed E-state index contributed by atoms with van der Waals surface area (Å²) in [5.74, 6) is 5.79. The van der Waals surface area contributed by atoms with E-state index in [4.69, 9.17) is 0 Å². The molecule has 1 aromatic carbocycles. The highest BCUT2D eigenvalue weighted by atomic mass is 13.9. The molecule has 12 heavy (non-hydrogen) atoms. The number of benzene rings is 1. The van der Waals surface area contributed by atoms with Gasteiger partial charge in [-0.3, -0.25) is 0 Å². The minimum Gasteiger partial charge on any atom is -0.0906 e. The third-order valence-electron chi connectivity index (χ3n) is 1.68. The van der Waals surface area contributed by atoms with Gasteiger partial charge >= 0.3 is 0 Å². The monoisotopic (exact) mass is 156 g/mol. The van der Waals surface area contributed by atoms with E-state index in [1.807, 2.05) is 12.1 Å². The molecule has 0 heterocycles. The molecule has 1 aromatic rings. The summed E-state index contributed by atoms with van der Waals surface area (Å²) in [7, 11) is 0. The second kappa shape index (κ2) is 4.41. The van der Waals surface area contributed by atoms with Crippen LogP contribution in [-0.4, -0.2) is 0 Å². The zero-order valence-corrected chi connectivity index (χ0v) is 7.30. The topological polar surface area (TPSA) is 0 Å². The van der Waals surface area contributed by atoms with E-state index < -0.39 is 0 Å². The van der Waals surface area contributed by atoms with Crippen molar-refractivity contribution in [2.75, 3.05) is 0 Å². The van der Waals surface area contributed by atoms with Gasteiger partial charge in [0.2, 0.25) is 0 Å². The molecule has 0 spiro atoms. The van der Waals surface area contributed by atoms with Gasteiger partial charge in [0, 0.05) is 5.56 Å². The molecule has 0 N–H and O–H groups in total. The van der Waals surface area contributed by atoms with E-state index in [0.29, 0.717) is 0 Å². The van der Waals surface area contributed by atoms with Gasteiger partial charge in [-0.2, -0.15) is 0 Å². The molecule has 0 aliphatic carbocycles. The highest BCUT2D eigenvalue weighted by molar-refractivity contribution is 5.37. The van der Waals surface area contributed by atoms with Crippen LogP contribution in [0.4, 0.5) is 0 Å². The maximum absolute atomic E-state index is 3.54. The summed E-state index contributed by atoms with van der Waals surface area (Å²) in [6.07, 6.45) is 2.68. The molecule has 0 saturated carbocycles. The Morgan fingerprint density at radius 1 is 1.33 bits per heavy atom. The zero-order valence-electron chi connectivity index (χ0n) is 7.30. The summed E-state index contributed by atoms with van der Waals surface area (Å²) >= 11 is 0. The standard InChI is InChI=1S/C12H12/c1-3-5-6-12-9-7-11(4-2)8-10-12/h3,7-10H,1,4H2,2H3. The Hall–Kier alpha value is -1.48. The predicted molar refractivity (Wildman–Crippen MR) is 52.9 cm³/mol. The largest absolute Gasteiger partial charge is 0.0906 e. The molecule has 0 nitrogen and oxygen atoms in total. The van der Waals surface area contributed by atoms with Crippen LogP contribution in [0.2, 0.25) is 0 Å². The van der Waals surface area contributed by atoms with Crippen LogP contribution in [0, 0.1) is 11.8 Å². The summed E-state index contributed by atoms with van der Waals surface area (Å²) in [6, 6.07) is 8.28. The molecule has 0 fully saturated rings. The Morgan fingerprint density at radius 3 is 2.50 bits per heavy atom. The van der Waals surface area contributed by atoms with Crippen LogP contribution in [0.15, 0.2) is 36.9 Å². The van der Waals surface area contributed by atoms with Crippen LogP contribution in [0.3, 0.4) is 0 Å². The lowest BCUT2D eigenvalue weighted by Crippen LogP contribution is -1.79. The van der Waals surface area contributed by atoms with Crippen LogP contribution in [0.1, 0.15) is 18.1 Å². The van der Waals surface area contributed by atoms with E-state index >= 15 is 0 Å². The van der Waals surface area contributed by atoms with Gasteiger partial charge in [0.05, 0.1) is 0 Å². The van der Waals surface area contributed by atoms with Gasteiger partial charge in [0.15, 0.2) is 0 Å². The normalized spacial score (nSPS) is 8.42. The van der Waals surface area contributed by atoms with Crippen molar-refractivity contribution in [2.45, 2.75) is 13.3 Å². The Balaban J connectivity index is 2.84. The summed E-state index contributed by atoms with van der Waals surface area (Å²) in [5.41, 5.74) is 2.39. The van der Waals surface area contributed by atoms with Gasteiger partial charge in [0.25, 0.3) is 0 Å². The highest BCUT2D eigenvalue weighted by Gasteiger charge is 1.87. The minimum absolute atomic E-state index is 1.05. The van der Waals surface area contributed by atoms with Crippen LogP contribution in [0.25, 0.3) is 0 Å². The number of allylic oxidation sites excluding steroid dienone is 1. The lowest BCUT2D eigenvalue weighted by Gasteiger charge is -1.94. The van der Waals surface area contributed by atoms with E-state index in [0.717, 1.165) is 12.0 Å². The molecule has 0 atom stereocenters. The maximum Gasteiger partial charge on any atom is 0.0249 e. The summed E-state index contributed by atoms with van der Waals surface area (Å²) < 4.78 is 0. The molecular weight excluding hydrogens is 144 g/mol. The number of hydrogen-bond acceptors (Lipinski definition) is 0. The van der Waals surface area contributed by atoms with E-state index in [-0.39, 0.29) is 0 Å². The van der Waals surface area contributed by atoms with Crippen molar-refractivity contribution in [1.82, 2.24) is 0 Å². The molecule has 0 unspecified atom stereocenters. The molecule has 0 saturated heterocycles. The summed E-state index contributed by atoms with van der Waals surface area (Å²) in [6.45, 7) is 5.68. The lowest BCUT2D eigenvalue weighted by atomic mass is 10.1. The fraction of sp³-hybridized carbons (Fsp3) is 0.167. The molecule has 0 amide bonds. The van der Waals surface area contributed by atoms with Crippen molar-refractivity contribution in [1.29, 1.82) is 0 Å². The number of rotatable bonds is 1. The van der Waals surface area contributed by atoms with Gasteiger partial charge in [-0.05, 0) is 30.2 Å². The van der Waals surface area contributed by atoms with Crippen LogP contribution < -0.4 is 0 Å². The quantitative estimate of drug-likeness (QED) is 0.548. The Labute approximate surface area is 73.9 Å². The first-order chi connectivity index (χ1) is 5.86. The third-order valence-corrected chi connectivity index (χ3v) is 1.68. The first kappa shape index (κ1) is 8.62. The van der Waals surface area contributed by atoms with Crippen molar-refractivity contribution in [2.24, 2.45) is 0 Å². The van der Waals surface area contributed by atoms with E-state index in [1.165, 1.54) is 5.56 Å². The Bertz CT molecular complexity index is 306. The summed E-state index contributed by atoms with van der Waals surface area (Å²) in [4.78, 5) is 0. The third kappa shape index (κ3) is 2.29. The van der Waals surface area contributed by atoms with E-state index in [2.05, 4.69) is 37.5 Å². The first-order valence-corrected chi connectivity index (χ1v) is 4.08. The second-order valence-corrected chi connectivity index (χ2v) is 2.52. The molecule has 60 valence electrons. The van der Waals surface area contributed by atoms with Gasteiger partial charge < -0.3 is 0 Å². The average molecular weight is 156 g/mol. The number of hydrogen-bond donors (Lipinski definition) is 0. The van der Waals surface area contributed by atoms with Gasteiger partial charge in [-0.1, -0.05) is 37.5 Å². The summed E-state index contributed by atoms with van der Waals surface area (Å²) in [5, 5.41) is 0. The van der Waals surface area contributed by atoms with Crippen LogP contribution in [-0.2, 0) is 6.42 Å². The lowest BCUT2D eigenvalue weighted by molar-refractivity contribution is 1.14. The Kier molecular flexibility index (Phi) is 3.17. The van der Waals surface area contributed by atoms with Crippen LogP contribution in [0.5, 0.6) is 0 Å². The number of aryl methyl sites for hydroxylation is 1. The first-order valence-electron chi connectivity index (χ1n) is 4.08. The average Bonchev–Trinajstić information content (AvgIpc) is 2.15. The van der Waals surface area contributed by atoms with Crippen molar-refractivity contribution >= 4 is 0 Å². The zero-order chi connectivity index (χ0) is 8.81. The van der Waals surface area contributed by atoms with Crippen molar-refractivity contribution in [3.8, 4) is 11.8 Å². The van der Waals surface area contributed by atoms with Gasteiger partial charge in [0.1, 0.15) is 0 Å². The maximum atomic E-state index is 3.54. The molecule has 0 bridgehead atoms. The van der Waals surface area contributed by atoms with E-state index in [9.17, 15) is 0 Å². The second-order valence-electron chi connectivity index (χ2n) is 2.52. The fourth-order valence-electron chi connectivity index (χ4n) is 0.958. The Morgan fingerprint density at radius 2 is 2.00 bits per heavy atom. The minimum atomic E-state index is 1.05. The van der Waals surface area contributed by atoms with Gasteiger partial charge in [-0.25, -0.2) is 0 Å². The van der Waals surface area contributed by atoms with Crippen molar-refractivity contribution < 1.29 is 0 Å². The van der Waals surface area contributed by atoms with Gasteiger partial charge in [-0.15, -0.1) is 0 Å². The smallest absolute Gasteiger partial charge is 0.0249 e. The fourth-order valence-corrected chi connectivity index (χ4v) is 0.958. The molecule has 0 radical (unpaired) electrons. The van der Waals surface area contributed by atoms with E-state index in [1.54, 1.807) is 6.08 Å². The molecule has 0 aromatic heterocycles. The van der Waals surface area contributed by atoms with Crippen molar-refractivity contribution in [3.63, 3.8) is 0 Å². The molecule has 0 heteroatoms. The molecular formula is C12H12. The predicted octanol–water partition coefficient (Wildman–Crippen LogP) is 2.79. The van der Waals surface area contributed by atoms with Crippen LogP contribution >= 0.6 is 0 Å². The SMILES string of the molecule is C=CC#Cc1ccc(CC)cc1. The highest BCUT2D eigenvalue weighted by Crippen LogP contribution is 2.03. The molecule has 0 aliphatic heterocycles. The van der Waals surface area contributed by atoms with Crippen molar-refractivity contribution in [3.05, 3.63) is 48.0 Å². The molecule has 0 aliphatic rings.